The van der Waals surface area contributed by atoms with Crippen molar-refractivity contribution in [2.24, 2.45) is 35.0 Å². The molecule has 0 spiro atoms. The third-order valence-corrected chi connectivity index (χ3v) is 10.8. The predicted octanol–water partition coefficient (Wildman–Crippen LogP) is 5.18. The minimum Gasteiger partial charge on any atom is -0.479 e. The fourth-order valence-corrected chi connectivity index (χ4v) is 7.70. The molecule has 11 atom stereocenters. The van der Waals surface area contributed by atoms with Gasteiger partial charge in [0.05, 0.1) is 6.10 Å². The molecule has 0 aromatic rings. The van der Waals surface area contributed by atoms with Crippen LogP contribution in [0.4, 0.5) is 0 Å². The van der Waals surface area contributed by atoms with Crippen LogP contribution in [0, 0.1) is 35.0 Å². The number of hydrogen-bond acceptors (Lipinski definition) is 6. The Kier molecular flexibility index (Phi) is 12.8. The second-order valence-corrected chi connectivity index (χ2v) is 13.7. The van der Waals surface area contributed by atoms with Crippen LogP contribution in [-0.4, -0.2) is 92.8 Å². The molecule has 4 N–H and O–H groups in total. The summed E-state index contributed by atoms with van der Waals surface area (Å²) in [4.78, 5) is 11.5. The van der Waals surface area contributed by atoms with Crippen molar-refractivity contribution in [2.75, 3.05) is 0 Å². The molecule has 1 heterocycles. The van der Waals surface area contributed by atoms with Gasteiger partial charge in [-0.1, -0.05) is 76.6 Å². The van der Waals surface area contributed by atoms with E-state index in [1.807, 2.05) is 0 Å². The summed E-state index contributed by atoms with van der Waals surface area (Å²) in [5, 5.41) is 39.8. The van der Waals surface area contributed by atoms with Crippen LogP contribution in [0.25, 0.3) is 0 Å². The first-order valence-corrected chi connectivity index (χ1v) is 15.7. The number of aliphatic hydroxyl groups is 3. The Balaban J connectivity index is 0.00000484. The predicted molar refractivity (Wildman–Crippen MR) is 165 cm³/mol. The van der Waals surface area contributed by atoms with Gasteiger partial charge in [0.15, 0.2) is 12.4 Å². The molecule has 7 nitrogen and oxygen atoms in total. The van der Waals surface area contributed by atoms with Crippen molar-refractivity contribution in [3.05, 3.63) is 47.6 Å². The van der Waals surface area contributed by atoms with Crippen molar-refractivity contribution < 1.29 is 34.7 Å². The molecule has 0 aromatic heterocycles. The molecule has 0 unspecified atom stereocenters. The zero-order valence-corrected chi connectivity index (χ0v) is 28.5. The molecule has 1 saturated heterocycles. The van der Waals surface area contributed by atoms with Gasteiger partial charge in [0, 0.05) is 29.6 Å². The molecule has 1 aliphatic heterocycles. The van der Waals surface area contributed by atoms with Gasteiger partial charge in [0.2, 0.25) is 0 Å². The van der Waals surface area contributed by atoms with Crippen LogP contribution < -0.4 is 0 Å². The van der Waals surface area contributed by atoms with E-state index in [1.54, 1.807) is 0 Å². The van der Waals surface area contributed by atoms with E-state index in [1.165, 1.54) is 31.3 Å². The summed E-state index contributed by atoms with van der Waals surface area (Å²) in [7, 11) is 0. The molecular formula is C34H52NaO7. The van der Waals surface area contributed by atoms with Gasteiger partial charge in [0.1, 0.15) is 18.3 Å². The van der Waals surface area contributed by atoms with Gasteiger partial charge in [-0.25, -0.2) is 4.79 Å². The molecule has 8 heteroatoms. The van der Waals surface area contributed by atoms with E-state index >= 15 is 0 Å². The van der Waals surface area contributed by atoms with Gasteiger partial charge < -0.3 is 29.9 Å². The van der Waals surface area contributed by atoms with Gasteiger partial charge in [-0.05, 0) is 91.9 Å². The van der Waals surface area contributed by atoms with Crippen molar-refractivity contribution >= 4 is 35.5 Å². The van der Waals surface area contributed by atoms with E-state index in [2.05, 4.69) is 65.5 Å². The molecule has 3 saturated carbocycles. The number of allylic oxidation sites excluding steroid dienone is 6. The molecule has 4 fully saturated rings. The van der Waals surface area contributed by atoms with E-state index in [0.29, 0.717) is 47.8 Å². The number of fused-ring (bicyclic) bond motifs is 1. The number of hydrogen-bond donors (Lipinski definition) is 4. The van der Waals surface area contributed by atoms with Gasteiger partial charge in [-0.3, -0.25) is 0 Å². The Labute approximate surface area is 274 Å². The Bertz CT molecular complexity index is 1050. The van der Waals surface area contributed by atoms with Crippen molar-refractivity contribution in [2.45, 2.75) is 123 Å². The zero-order chi connectivity index (χ0) is 30.1. The van der Waals surface area contributed by atoms with Crippen LogP contribution in [0.15, 0.2) is 47.6 Å². The molecule has 1 radical (unpaired) electrons. The number of carboxylic acid groups (broad SMARTS) is 1. The minimum atomic E-state index is -1.73. The summed E-state index contributed by atoms with van der Waals surface area (Å²) in [6.07, 6.45) is 9.19. The molecule has 4 aliphatic rings. The van der Waals surface area contributed by atoms with Crippen LogP contribution in [0.3, 0.4) is 0 Å². The number of aliphatic hydroxyl groups excluding tert-OH is 3. The topological polar surface area (TPSA) is 116 Å². The van der Waals surface area contributed by atoms with Crippen LogP contribution in [0.1, 0.15) is 86.0 Å². The van der Waals surface area contributed by atoms with E-state index in [9.17, 15) is 25.2 Å². The summed E-state index contributed by atoms with van der Waals surface area (Å²) in [6, 6.07) is 0. The fraction of sp³-hybridized carbons (Fsp3) is 0.735. The number of rotatable bonds is 8. The van der Waals surface area contributed by atoms with Crippen molar-refractivity contribution in [3.63, 3.8) is 0 Å². The summed E-state index contributed by atoms with van der Waals surface area (Å²) >= 11 is 0. The summed E-state index contributed by atoms with van der Waals surface area (Å²) in [5.41, 5.74) is 3.99. The summed E-state index contributed by atoms with van der Waals surface area (Å²) in [6.45, 7) is 16.1. The monoisotopic (exact) mass is 595 g/mol. The van der Waals surface area contributed by atoms with E-state index in [-0.39, 0.29) is 35.7 Å². The Morgan fingerprint density at radius 2 is 1.74 bits per heavy atom. The van der Waals surface area contributed by atoms with E-state index in [4.69, 9.17) is 9.47 Å². The van der Waals surface area contributed by atoms with Crippen LogP contribution in [-0.2, 0) is 14.3 Å². The Hall–Kier alpha value is -0.770. The maximum atomic E-state index is 11.5. The van der Waals surface area contributed by atoms with Gasteiger partial charge in [-0.2, -0.15) is 0 Å². The summed E-state index contributed by atoms with van der Waals surface area (Å²) in [5.74, 6) is 1.68. The number of ether oxygens (including phenoxy) is 2. The number of carbonyl (C=O) groups is 1. The van der Waals surface area contributed by atoms with Crippen LogP contribution in [0.5, 0.6) is 0 Å². The average molecular weight is 596 g/mol. The Morgan fingerprint density at radius 3 is 2.40 bits per heavy atom. The molecule has 42 heavy (non-hydrogen) atoms. The molecule has 0 amide bonds. The molecule has 3 aliphatic carbocycles. The molecule has 231 valence electrons. The Morgan fingerprint density at radius 1 is 1.02 bits per heavy atom. The van der Waals surface area contributed by atoms with Crippen molar-refractivity contribution in [1.29, 1.82) is 0 Å². The molecule has 0 bridgehead atoms. The average Bonchev–Trinajstić information content (AvgIpc) is 3.29. The van der Waals surface area contributed by atoms with Crippen LogP contribution >= 0.6 is 0 Å². The number of aliphatic carboxylic acids is 1. The quantitative estimate of drug-likeness (QED) is 0.226. The molecule has 4 rings (SSSR count). The first-order valence-electron chi connectivity index (χ1n) is 15.7. The number of carboxylic acids is 1. The van der Waals surface area contributed by atoms with Gasteiger partial charge >= 0.3 is 5.97 Å². The van der Waals surface area contributed by atoms with E-state index in [0.717, 1.165) is 24.0 Å². The van der Waals surface area contributed by atoms with Crippen molar-refractivity contribution in [1.82, 2.24) is 0 Å². The second kappa shape index (κ2) is 15.0. The molecule has 0 aromatic carbocycles. The first-order chi connectivity index (χ1) is 19.3. The maximum absolute atomic E-state index is 11.5. The van der Waals surface area contributed by atoms with E-state index < -0.39 is 36.7 Å². The standard InChI is InChI=1S/C34H52O7.Na/c1-19(2)20(3)9-10-22(5)26-15-16-27-23(8-7-17-34(26,27)6)12-13-24-18-25(14-11-21(24)4)40-33-30(37)28(35)29(36)31(41-33)32(38)39;/h9-10,12-13,19-20,22,25-31,33,35-37H,4,7-8,11,14-18H2,1-3,5-6H3,(H,38,39);/b10-9+,23-12+,24-13-;/t20-,22+,25-,26+,27-,28-,29-,30+,31-,33+,34+;/m0./s1. The second-order valence-electron chi connectivity index (χ2n) is 13.7. The normalized spacial score (nSPS) is 40.7. The van der Waals surface area contributed by atoms with Crippen molar-refractivity contribution in [3.8, 4) is 0 Å². The smallest absolute Gasteiger partial charge is 0.335 e. The SMILES string of the molecule is C=C1CC[C@H](O[C@@H]2O[C@H](C(=O)O)[C@@H](O)[C@H](O)[C@H]2O)C/C1=C/C=C1\CCC[C@]2(C)[C@@H]([C@H](C)/C=C/[C@H](C)C(C)C)CC[C@@H]12.[Na]. The zero-order valence-electron chi connectivity index (χ0n) is 26.5. The largest absolute Gasteiger partial charge is 0.479 e. The van der Waals surface area contributed by atoms with Gasteiger partial charge in [0.25, 0.3) is 0 Å². The van der Waals surface area contributed by atoms with Gasteiger partial charge in [-0.15, -0.1) is 0 Å². The molecular weight excluding hydrogens is 543 g/mol. The minimum absolute atomic E-state index is 0. The fourth-order valence-electron chi connectivity index (χ4n) is 7.70. The first kappa shape index (κ1) is 35.7. The third-order valence-electron chi connectivity index (χ3n) is 10.8. The van der Waals surface area contributed by atoms with Crippen LogP contribution in [0.2, 0.25) is 0 Å². The maximum Gasteiger partial charge on any atom is 0.335 e. The third kappa shape index (κ3) is 7.71. The summed E-state index contributed by atoms with van der Waals surface area (Å²) < 4.78 is 11.3.